The number of ether oxygens (including phenoxy) is 1. The fourth-order valence-electron chi connectivity index (χ4n) is 2.38. The summed E-state index contributed by atoms with van der Waals surface area (Å²) in [5.74, 6) is 0.890. The number of benzene rings is 2. The Morgan fingerprint density at radius 3 is 2.59 bits per heavy atom. The highest BCUT2D eigenvalue weighted by Crippen LogP contribution is 2.31. The maximum atomic E-state index is 12.4. The zero-order valence-electron chi connectivity index (χ0n) is 16.0. The number of carbonyl (C=O) groups excluding carboxylic acids is 2. The van der Waals surface area contributed by atoms with Gasteiger partial charge in [0, 0.05) is 17.7 Å². The van der Waals surface area contributed by atoms with Crippen LogP contribution in [0.2, 0.25) is 0 Å². The van der Waals surface area contributed by atoms with Crippen molar-refractivity contribution in [3.8, 4) is 5.75 Å². The lowest BCUT2D eigenvalue weighted by Crippen LogP contribution is -2.09. The fourth-order valence-corrected chi connectivity index (χ4v) is 4.04. The van der Waals surface area contributed by atoms with Crippen LogP contribution in [0.4, 0.5) is 16.5 Å². The van der Waals surface area contributed by atoms with Crippen molar-refractivity contribution >= 4 is 51.3 Å². The predicted molar refractivity (Wildman–Crippen MR) is 117 cm³/mol. The minimum Gasteiger partial charge on any atom is -0.495 e. The van der Waals surface area contributed by atoms with Gasteiger partial charge >= 0.3 is 0 Å². The van der Waals surface area contributed by atoms with Crippen LogP contribution in [0.3, 0.4) is 0 Å². The lowest BCUT2D eigenvalue weighted by atomic mass is 10.1. The lowest BCUT2D eigenvalue weighted by molar-refractivity contribution is -0.115. The molecule has 2 N–H and O–H groups in total. The molecule has 150 valence electrons. The van der Waals surface area contributed by atoms with E-state index in [0.29, 0.717) is 32.9 Å². The van der Waals surface area contributed by atoms with Crippen molar-refractivity contribution < 1.29 is 14.3 Å². The molecule has 29 heavy (non-hydrogen) atoms. The Labute approximate surface area is 176 Å². The summed E-state index contributed by atoms with van der Waals surface area (Å²) in [7, 11) is 1.61. The van der Waals surface area contributed by atoms with Crippen molar-refractivity contribution in [3.63, 3.8) is 0 Å². The maximum absolute atomic E-state index is 12.4. The number of amides is 1. The highest BCUT2D eigenvalue weighted by molar-refractivity contribution is 8.01. The van der Waals surface area contributed by atoms with Crippen molar-refractivity contribution in [2.45, 2.75) is 17.7 Å². The third-order valence-electron chi connectivity index (χ3n) is 3.89. The van der Waals surface area contributed by atoms with Gasteiger partial charge in [-0.2, -0.15) is 0 Å². The van der Waals surface area contributed by atoms with Crippen molar-refractivity contribution in [2.75, 3.05) is 23.5 Å². The molecular weight excluding hydrogens is 408 g/mol. The Kier molecular flexibility index (Phi) is 7.20. The third kappa shape index (κ3) is 5.78. The van der Waals surface area contributed by atoms with E-state index in [2.05, 4.69) is 20.8 Å². The van der Waals surface area contributed by atoms with Gasteiger partial charge in [0.05, 0.1) is 18.6 Å². The Balaban J connectivity index is 1.55. The van der Waals surface area contributed by atoms with Crippen LogP contribution >= 0.6 is 23.1 Å². The van der Waals surface area contributed by atoms with Crippen LogP contribution in [0.25, 0.3) is 0 Å². The largest absolute Gasteiger partial charge is 0.495 e. The van der Waals surface area contributed by atoms with Crippen molar-refractivity contribution in [1.82, 2.24) is 10.2 Å². The topological polar surface area (TPSA) is 93.2 Å². The molecule has 0 radical (unpaired) electrons. The number of Topliss-reactive ketones (excluding diaryl/α,β-unsaturated/α-hetero) is 1. The van der Waals surface area contributed by atoms with Gasteiger partial charge in [-0.3, -0.25) is 9.59 Å². The van der Waals surface area contributed by atoms with Crippen LogP contribution in [0.15, 0.2) is 52.9 Å². The number of carbonyl (C=O) groups is 2. The number of hydrogen-bond acceptors (Lipinski definition) is 8. The number of nitrogens with one attached hydrogen (secondary N) is 2. The van der Waals surface area contributed by atoms with Gasteiger partial charge in [-0.1, -0.05) is 42.2 Å². The van der Waals surface area contributed by atoms with Crippen LogP contribution in [-0.2, 0) is 4.79 Å². The van der Waals surface area contributed by atoms with E-state index >= 15 is 0 Å². The summed E-state index contributed by atoms with van der Waals surface area (Å²) in [5, 5.41) is 14.8. The third-order valence-corrected chi connectivity index (χ3v) is 5.87. The zero-order valence-corrected chi connectivity index (χ0v) is 17.6. The number of ketones is 1. The molecular formula is C20H20N4O3S2. The van der Waals surface area contributed by atoms with E-state index in [4.69, 9.17) is 4.74 Å². The smallest absolute Gasteiger partial charge is 0.224 e. The summed E-state index contributed by atoms with van der Waals surface area (Å²) < 4.78 is 6.01. The van der Waals surface area contributed by atoms with Crippen molar-refractivity contribution in [1.29, 1.82) is 0 Å². The summed E-state index contributed by atoms with van der Waals surface area (Å²) in [5.41, 5.74) is 2.06. The number of rotatable bonds is 9. The highest BCUT2D eigenvalue weighted by Gasteiger charge is 2.12. The van der Waals surface area contributed by atoms with E-state index in [1.54, 1.807) is 38.3 Å². The second-order valence-electron chi connectivity index (χ2n) is 5.89. The van der Waals surface area contributed by atoms with Crippen molar-refractivity contribution in [2.24, 2.45) is 0 Å². The molecule has 0 spiro atoms. The number of anilines is 3. The number of hydrogen-bond donors (Lipinski definition) is 2. The predicted octanol–water partition coefficient (Wildman–Crippen LogP) is 4.61. The van der Waals surface area contributed by atoms with Crippen LogP contribution in [-0.4, -0.2) is 34.8 Å². The minimum atomic E-state index is -0.0616. The molecule has 0 saturated carbocycles. The van der Waals surface area contributed by atoms with E-state index in [0.717, 1.165) is 5.69 Å². The highest BCUT2D eigenvalue weighted by atomic mass is 32.2. The molecule has 0 aliphatic rings. The van der Waals surface area contributed by atoms with Crippen molar-refractivity contribution in [3.05, 3.63) is 54.1 Å². The molecule has 0 unspecified atom stereocenters. The minimum absolute atomic E-state index is 0.0159. The monoisotopic (exact) mass is 428 g/mol. The van der Waals surface area contributed by atoms with Gasteiger partial charge in [-0.15, -0.1) is 10.2 Å². The Morgan fingerprint density at radius 2 is 1.86 bits per heavy atom. The first-order chi connectivity index (χ1) is 14.1. The average Bonchev–Trinajstić information content (AvgIpc) is 3.20. The molecule has 0 fully saturated rings. The van der Waals surface area contributed by atoms with Crippen LogP contribution in [0, 0.1) is 0 Å². The maximum Gasteiger partial charge on any atom is 0.224 e. The first kappa shape index (κ1) is 20.8. The summed E-state index contributed by atoms with van der Waals surface area (Å²) >= 11 is 2.71. The summed E-state index contributed by atoms with van der Waals surface area (Å²) in [6.07, 6.45) is 0.410. The SMILES string of the molecule is CCC(=O)Nc1ccc(C(=O)CSc2nnc(Nc3ccccc3OC)s2)cc1. The molecule has 3 aromatic rings. The standard InChI is InChI=1S/C20H20N4O3S2/c1-3-18(26)21-14-10-8-13(9-11-14)16(25)12-28-20-24-23-19(29-20)22-15-6-4-5-7-17(15)27-2/h4-11H,3,12H2,1-2H3,(H,21,26)(H,22,23). The summed E-state index contributed by atoms with van der Waals surface area (Å²) in [6.45, 7) is 1.79. The van der Waals surface area contributed by atoms with Gasteiger partial charge in [-0.05, 0) is 36.4 Å². The van der Waals surface area contributed by atoms with Gasteiger partial charge < -0.3 is 15.4 Å². The first-order valence-corrected chi connectivity index (χ1v) is 10.7. The number of para-hydroxylation sites is 2. The molecule has 0 aliphatic heterocycles. The molecule has 7 nitrogen and oxygen atoms in total. The van der Waals surface area contributed by atoms with E-state index in [1.807, 2.05) is 24.3 Å². The molecule has 0 bridgehead atoms. The number of methoxy groups -OCH3 is 1. The van der Waals surface area contributed by atoms with E-state index in [1.165, 1.54) is 23.1 Å². The molecule has 1 heterocycles. The average molecular weight is 429 g/mol. The van der Waals surface area contributed by atoms with Crippen LogP contribution < -0.4 is 15.4 Å². The fraction of sp³-hybridized carbons (Fsp3) is 0.200. The molecule has 3 rings (SSSR count). The number of aromatic nitrogens is 2. The van der Waals surface area contributed by atoms with Gasteiger partial charge in [0.2, 0.25) is 11.0 Å². The van der Waals surface area contributed by atoms with Gasteiger partial charge in [0.15, 0.2) is 10.1 Å². The second kappa shape index (κ2) is 10.0. The normalized spacial score (nSPS) is 10.4. The zero-order chi connectivity index (χ0) is 20.6. The van der Waals surface area contributed by atoms with Crippen LogP contribution in [0.1, 0.15) is 23.7 Å². The van der Waals surface area contributed by atoms with Crippen LogP contribution in [0.5, 0.6) is 5.75 Å². The van der Waals surface area contributed by atoms with E-state index < -0.39 is 0 Å². The number of thioether (sulfide) groups is 1. The molecule has 2 aromatic carbocycles. The Hall–Kier alpha value is -2.91. The summed E-state index contributed by atoms with van der Waals surface area (Å²) in [6, 6.07) is 14.4. The van der Waals surface area contributed by atoms with Gasteiger partial charge in [-0.25, -0.2) is 0 Å². The van der Waals surface area contributed by atoms with Gasteiger partial charge in [0.1, 0.15) is 5.75 Å². The van der Waals surface area contributed by atoms with Gasteiger partial charge in [0.25, 0.3) is 0 Å². The summed E-state index contributed by atoms with van der Waals surface area (Å²) in [4.78, 5) is 23.8. The first-order valence-electron chi connectivity index (χ1n) is 8.88. The van der Waals surface area contributed by atoms with E-state index in [-0.39, 0.29) is 17.4 Å². The molecule has 1 amide bonds. The Bertz CT molecular complexity index is 989. The Morgan fingerprint density at radius 1 is 1.10 bits per heavy atom. The second-order valence-corrected chi connectivity index (χ2v) is 8.09. The molecule has 9 heteroatoms. The molecule has 0 aliphatic carbocycles. The lowest BCUT2D eigenvalue weighted by Gasteiger charge is -2.07. The number of nitrogens with zero attached hydrogens (tertiary/aromatic N) is 2. The quantitative estimate of drug-likeness (QED) is 0.380. The van der Waals surface area contributed by atoms with E-state index in [9.17, 15) is 9.59 Å². The molecule has 0 saturated heterocycles. The molecule has 0 atom stereocenters. The molecule has 1 aromatic heterocycles.